The largest absolute Gasteiger partial charge is 0.494 e. The van der Waals surface area contributed by atoms with Crippen LogP contribution in [0.25, 0.3) is 0 Å². The highest BCUT2D eigenvalue weighted by molar-refractivity contribution is 6.36. The van der Waals surface area contributed by atoms with E-state index in [0.717, 1.165) is 0 Å². The fraction of sp³-hybridized carbons (Fsp3) is 0.222. The lowest BCUT2D eigenvalue weighted by Gasteiger charge is -2.14. The molecule has 5 nitrogen and oxygen atoms in total. The molecule has 1 amide bonds. The average molecular weight is 400 g/mol. The Morgan fingerprint density at radius 3 is 2.54 bits per heavy atom. The zero-order chi connectivity index (χ0) is 19.3. The first-order chi connectivity index (χ1) is 12.3. The van der Waals surface area contributed by atoms with Crippen molar-refractivity contribution >= 4 is 40.8 Å². The van der Waals surface area contributed by atoms with E-state index in [1.54, 1.807) is 12.1 Å². The molecule has 1 N–H and O–H groups in total. The minimum Gasteiger partial charge on any atom is -0.494 e. The van der Waals surface area contributed by atoms with Gasteiger partial charge in [-0.3, -0.25) is 9.59 Å². The second-order valence-corrected chi connectivity index (χ2v) is 6.23. The van der Waals surface area contributed by atoms with Gasteiger partial charge in [-0.15, -0.1) is 0 Å². The summed E-state index contributed by atoms with van der Waals surface area (Å²) in [6.45, 7) is 1.42. The summed E-state index contributed by atoms with van der Waals surface area (Å²) in [5.41, 5.74) is 0.753. The van der Waals surface area contributed by atoms with E-state index >= 15 is 0 Å². The Kier molecular flexibility index (Phi) is 6.83. The number of halogens is 3. The van der Waals surface area contributed by atoms with E-state index < -0.39 is 23.8 Å². The summed E-state index contributed by atoms with van der Waals surface area (Å²) in [6, 6.07) is 8.72. The molecule has 2 aromatic carbocycles. The minimum atomic E-state index is -1.06. The molecule has 0 aliphatic heterocycles. The number of methoxy groups -OCH3 is 1. The van der Waals surface area contributed by atoms with Gasteiger partial charge in [-0.1, -0.05) is 29.3 Å². The van der Waals surface area contributed by atoms with Crippen molar-refractivity contribution in [1.29, 1.82) is 0 Å². The molecule has 0 aromatic heterocycles. The van der Waals surface area contributed by atoms with Gasteiger partial charge in [0.1, 0.15) is 0 Å². The molecule has 0 heterocycles. The molecular formula is C18H16Cl2FNO4. The van der Waals surface area contributed by atoms with Gasteiger partial charge in [0.15, 0.2) is 17.7 Å². The normalized spacial score (nSPS) is 11.6. The van der Waals surface area contributed by atoms with Gasteiger partial charge < -0.3 is 14.8 Å². The van der Waals surface area contributed by atoms with Crippen molar-refractivity contribution in [2.75, 3.05) is 12.4 Å². The molecule has 2 rings (SSSR count). The van der Waals surface area contributed by atoms with Gasteiger partial charge >= 0.3 is 5.97 Å². The van der Waals surface area contributed by atoms with Crippen molar-refractivity contribution < 1.29 is 23.5 Å². The monoisotopic (exact) mass is 399 g/mol. The molecule has 0 fully saturated rings. The Morgan fingerprint density at radius 2 is 1.92 bits per heavy atom. The summed E-state index contributed by atoms with van der Waals surface area (Å²) in [4.78, 5) is 24.1. The van der Waals surface area contributed by atoms with Crippen molar-refractivity contribution in [3.05, 3.63) is 57.8 Å². The van der Waals surface area contributed by atoms with Gasteiger partial charge in [-0.05, 0) is 42.8 Å². The van der Waals surface area contributed by atoms with Crippen LogP contribution in [0.5, 0.6) is 5.75 Å². The molecule has 0 bridgehead atoms. The van der Waals surface area contributed by atoms with Gasteiger partial charge in [0, 0.05) is 5.02 Å². The molecular weight excluding hydrogens is 384 g/mol. The molecule has 0 radical (unpaired) electrons. The van der Waals surface area contributed by atoms with E-state index in [0.29, 0.717) is 16.3 Å². The third-order valence-corrected chi connectivity index (χ3v) is 3.98. The number of amides is 1. The van der Waals surface area contributed by atoms with Crippen LogP contribution >= 0.6 is 23.2 Å². The van der Waals surface area contributed by atoms with Crippen molar-refractivity contribution in [3.8, 4) is 5.75 Å². The average Bonchev–Trinajstić information content (AvgIpc) is 2.57. The standard InChI is InChI=1S/C18H16Cl2FNO4/c1-10(18(24)22-15-5-4-12(19)9-13(15)20)26-17(23)8-11-3-6-16(25-2)14(21)7-11/h3-7,9-10H,8H2,1-2H3,(H,22,24)/t10-/m1/s1. The van der Waals surface area contributed by atoms with E-state index in [1.165, 1.54) is 38.3 Å². The second kappa shape index (κ2) is 8.87. The van der Waals surface area contributed by atoms with Crippen molar-refractivity contribution in [3.63, 3.8) is 0 Å². The van der Waals surface area contributed by atoms with Crippen LogP contribution in [-0.2, 0) is 20.7 Å². The quantitative estimate of drug-likeness (QED) is 0.737. The Balaban J connectivity index is 1.93. The molecule has 0 aliphatic rings. The Hall–Kier alpha value is -2.31. The van der Waals surface area contributed by atoms with E-state index in [1.807, 2.05) is 0 Å². The predicted octanol–water partition coefficient (Wildman–Crippen LogP) is 4.25. The first kappa shape index (κ1) is 20.0. The maximum Gasteiger partial charge on any atom is 0.311 e. The van der Waals surface area contributed by atoms with Crippen molar-refractivity contribution in [2.45, 2.75) is 19.4 Å². The minimum absolute atomic E-state index is 0.0784. The lowest BCUT2D eigenvalue weighted by Crippen LogP contribution is -2.30. The van der Waals surface area contributed by atoms with Gasteiger partial charge in [0.2, 0.25) is 0 Å². The van der Waals surface area contributed by atoms with E-state index in [2.05, 4.69) is 5.32 Å². The van der Waals surface area contributed by atoms with Gasteiger partial charge in [0.05, 0.1) is 24.2 Å². The maximum atomic E-state index is 13.6. The SMILES string of the molecule is COc1ccc(CC(=O)O[C@H](C)C(=O)Nc2ccc(Cl)cc2Cl)cc1F. The highest BCUT2D eigenvalue weighted by atomic mass is 35.5. The number of esters is 1. The lowest BCUT2D eigenvalue weighted by molar-refractivity contribution is -0.152. The van der Waals surface area contributed by atoms with E-state index in [4.69, 9.17) is 32.7 Å². The number of ether oxygens (including phenoxy) is 2. The third kappa shape index (κ3) is 5.34. The van der Waals surface area contributed by atoms with Crippen LogP contribution in [0.3, 0.4) is 0 Å². The number of carbonyl (C=O) groups is 2. The fourth-order valence-electron chi connectivity index (χ4n) is 2.10. The Morgan fingerprint density at radius 1 is 1.19 bits per heavy atom. The highest BCUT2D eigenvalue weighted by Crippen LogP contribution is 2.25. The van der Waals surface area contributed by atoms with Gasteiger partial charge in [-0.25, -0.2) is 4.39 Å². The van der Waals surface area contributed by atoms with Crippen LogP contribution in [0.4, 0.5) is 10.1 Å². The Labute approximate surface area is 160 Å². The summed E-state index contributed by atoms with van der Waals surface area (Å²) in [5.74, 6) is -1.72. The molecule has 0 spiro atoms. The zero-order valence-electron chi connectivity index (χ0n) is 14.0. The molecule has 0 saturated carbocycles. The molecule has 0 saturated heterocycles. The lowest BCUT2D eigenvalue weighted by atomic mass is 10.1. The van der Waals surface area contributed by atoms with Crippen LogP contribution in [0.1, 0.15) is 12.5 Å². The number of hydrogen-bond acceptors (Lipinski definition) is 4. The topological polar surface area (TPSA) is 64.6 Å². The van der Waals surface area contributed by atoms with Gasteiger partial charge in [0.25, 0.3) is 5.91 Å². The molecule has 0 unspecified atom stereocenters. The summed E-state index contributed by atoms with van der Waals surface area (Å²) >= 11 is 11.8. The number of anilines is 1. The van der Waals surface area contributed by atoms with Crippen molar-refractivity contribution in [1.82, 2.24) is 0 Å². The van der Waals surface area contributed by atoms with E-state index in [-0.39, 0.29) is 17.2 Å². The Bertz CT molecular complexity index is 829. The summed E-state index contributed by atoms with van der Waals surface area (Å²) < 4.78 is 23.5. The van der Waals surface area contributed by atoms with Crippen LogP contribution in [-0.4, -0.2) is 25.1 Å². The number of nitrogens with one attached hydrogen (secondary N) is 1. The molecule has 138 valence electrons. The second-order valence-electron chi connectivity index (χ2n) is 5.39. The van der Waals surface area contributed by atoms with Crippen LogP contribution in [0.2, 0.25) is 10.0 Å². The molecule has 8 heteroatoms. The van der Waals surface area contributed by atoms with Gasteiger partial charge in [-0.2, -0.15) is 0 Å². The highest BCUT2D eigenvalue weighted by Gasteiger charge is 2.19. The first-order valence-electron chi connectivity index (χ1n) is 7.58. The molecule has 26 heavy (non-hydrogen) atoms. The maximum absolute atomic E-state index is 13.6. The smallest absolute Gasteiger partial charge is 0.311 e. The molecule has 0 aliphatic carbocycles. The van der Waals surface area contributed by atoms with Crippen LogP contribution in [0, 0.1) is 5.82 Å². The molecule has 1 atom stereocenters. The summed E-state index contributed by atoms with van der Waals surface area (Å²) in [5, 5.41) is 3.24. The molecule has 2 aromatic rings. The number of rotatable bonds is 6. The summed E-state index contributed by atoms with van der Waals surface area (Å²) in [7, 11) is 1.35. The van der Waals surface area contributed by atoms with Crippen molar-refractivity contribution in [2.24, 2.45) is 0 Å². The first-order valence-corrected chi connectivity index (χ1v) is 8.33. The predicted molar refractivity (Wildman–Crippen MR) is 97.3 cm³/mol. The van der Waals surface area contributed by atoms with Crippen LogP contribution < -0.4 is 10.1 Å². The zero-order valence-corrected chi connectivity index (χ0v) is 15.5. The van der Waals surface area contributed by atoms with Crippen LogP contribution in [0.15, 0.2) is 36.4 Å². The number of hydrogen-bond donors (Lipinski definition) is 1. The fourth-order valence-corrected chi connectivity index (χ4v) is 2.56. The third-order valence-electron chi connectivity index (χ3n) is 3.43. The number of benzene rings is 2. The number of carbonyl (C=O) groups excluding carboxylic acids is 2. The summed E-state index contributed by atoms with van der Waals surface area (Å²) in [6.07, 6.45) is -1.24. The van der Waals surface area contributed by atoms with E-state index in [9.17, 15) is 14.0 Å².